The fourth-order valence-corrected chi connectivity index (χ4v) is 4.90. The van der Waals surface area contributed by atoms with Crippen LogP contribution >= 0.6 is 0 Å². The summed E-state index contributed by atoms with van der Waals surface area (Å²) < 4.78 is 45.7. The Morgan fingerprint density at radius 1 is 1.07 bits per heavy atom. The first-order chi connectivity index (χ1) is 21.3. The monoisotopic (exact) mass is 624 g/mol. The number of ether oxygens (including phenoxy) is 3. The number of amides is 1. The second-order valence-electron chi connectivity index (χ2n) is 8.86. The van der Waals surface area contributed by atoms with Gasteiger partial charge in [-0.1, -0.05) is 48.9 Å². The molecule has 0 fully saturated rings. The van der Waals surface area contributed by atoms with E-state index in [-0.39, 0.29) is 29.4 Å². The Morgan fingerprint density at radius 2 is 1.82 bits per heavy atom. The Morgan fingerprint density at radius 3 is 2.57 bits per heavy atom. The number of esters is 1. The van der Waals surface area contributed by atoms with Crippen molar-refractivity contribution in [3.8, 4) is 29.5 Å². The number of sulfone groups is 1. The van der Waals surface area contributed by atoms with Crippen molar-refractivity contribution in [2.24, 2.45) is 0 Å². The van der Waals surface area contributed by atoms with E-state index in [0.717, 1.165) is 25.3 Å². The zero-order valence-corrected chi connectivity index (χ0v) is 24.1. The molecule has 0 aliphatic heterocycles. The van der Waals surface area contributed by atoms with Crippen LogP contribution in [-0.2, 0) is 24.2 Å². The van der Waals surface area contributed by atoms with Crippen LogP contribution in [0.3, 0.4) is 0 Å². The Balaban J connectivity index is 1.42. The number of hydroxylamine groups is 1. The lowest BCUT2D eigenvalue weighted by atomic mass is 10.1. The molecule has 1 amide bonds. The number of carbonyl (C=O) groups is 2. The fraction of sp³-hybridized carbons (Fsp3) is 0.276. The first kappa shape index (κ1) is 33.1. The van der Waals surface area contributed by atoms with E-state index in [0.29, 0.717) is 29.9 Å². The predicted octanol–water partition coefficient (Wildman–Crippen LogP) is 2.49. The molecule has 0 saturated carbocycles. The van der Waals surface area contributed by atoms with Gasteiger partial charge in [-0.2, -0.15) is 5.26 Å². The van der Waals surface area contributed by atoms with Gasteiger partial charge in [0.2, 0.25) is 5.91 Å². The van der Waals surface area contributed by atoms with Crippen molar-refractivity contribution >= 4 is 27.8 Å². The van der Waals surface area contributed by atoms with Crippen LogP contribution in [0.25, 0.3) is 6.08 Å². The molecule has 0 unspecified atom stereocenters. The normalized spacial score (nSPS) is 10.8. The van der Waals surface area contributed by atoms with Crippen LogP contribution < -0.4 is 19.9 Å². The highest BCUT2D eigenvalue weighted by molar-refractivity contribution is 7.91. The van der Waals surface area contributed by atoms with Gasteiger partial charge in [0.1, 0.15) is 11.8 Å². The summed E-state index contributed by atoms with van der Waals surface area (Å²) in [6.07, 6.45) is 5.88. The predicted molar refractivity (Wildman–Crippen MR) is 150 cm³/mol. The lowest BCUT2D eigenvalue weighted by Crippen LogP contribution is -2.30. The zero-order chi connectivity index (χ0) is 31.8. The van der Waals surface area contributed by atoms with Gasteiger partial charge in [0, 0.05) is 12.5 Å². The zero-order valence-electron chi connectivity index (χ0n) is 23.3. The van der Waals surface area contributed by atoms with Crippen LogP contribution in [0.4, 0.5) is 0 Å². The van der Waals surface area contributed by atoms with E-state index < -0.39 is 32.6 Å². The van der Waals surface area contributed by atoms with Gasteiger partial charge in [0.25, 0.3) is 9.84 Å². The van der Waals surface area contributed by atoms with Gasteiger partial charge in [-0.15, -0.1) is 0 Å². The van der Waals surface area contributed by atoms with E-state index in [4.69, 9.17) is 19.4 Å². The molecule has 0 aliphatic rings. The fourth-order valence-electron chi connectivity index (χ4n) is 3.61. The second kappa shape index (κ2) is 16.9. The van der Waals surface area contributed by atoms with E-state index in [2.05, 4.69) is 27.7 Å². The molecule has 3 rings (SSSR count). The maximum absolute atomic E-state index is 12.7. The molecule has 0 bridgehead atoms. The van der Waals surface area contributed by atoms with Crippen molar-refractivity contribution < 1.29 is 47.0 Å². The maximum Gasteiger partial charge on any atom is 0.415 e. The van der Waals surface area contributed by atoms with Crippen LogP contribution in [0.1, 0.15) is 43.2 Å². The molecule has 0 aliphatic carbocycles. The summed E-state index contributed by atoms with van der Waals surface area (Å²) in [5.41, 5.74) is 2.45. The van der Waals surface area contributed by atoms with Crippen LogP contribution in [0, 0.1) is 28.4 Å². The third kappa shape index (κ3) is 9.87. The maximum atomic E-state index is 12.7. The number of carbonyl (C=O) groups excluding carboxylic acids is 2. The highest BCUT2D eigenvalue weighted by atomic mass is 32.2. The Labute approximate surface area is 252 Å². The quantitative estimate of drug-likeness (QED) is 0.0476. The molecule has 2 aromatic carbocycles. The van der Waals surface area contributed by atoms with Gasteiger partial charge in [-0.3, -0.25) is 14.6 Å². The number of nitrogens with zero attached hydrogens (tertiary/aromatic N) is 3. The average Bonchev–Trinajstić information content (AvgIpc) is 3.42. The molecular weight excluding hydrogens is 596 g/mol. The Bertz CT molecular complexity index is 1670. The molecule has 15 heteroatoms. The van der Waals surface area contributed by atoms with Gasteiger partial charge in [-0.05, 0) is 53.6 Å². The van der Waals surface area contributed by atoms with E-state index in [1.165, 1.54) is 30.3 Å². The summed E-state index contributed by atoms with van der Waals surface area (Å²) in [6.45, 7) is -0.279. The third-order valence-corrected chi connectivity index (χ3v) is 7.49. The summed E-state index contributed by atoms with van der Waals surface area (Å²) in [5.74, 6) is 3.76. The van der Waals surface area contributed by atoms with Crippen molar-refractivity contribution in [3.05, 3.63) is 70.9 Å². The molecule has 1 aromatic heterocycles. The summed E-state index contributed by atoms with van der Waals surface area (Å²) in [6, 6.07) is 14.1. The molecule has 0 radical (unpaired) electrons. The van der Waals surface area contributed by atoms with Gasteiger partial charge in [-0.25, -0.2) is 18.7 Å². The minimum absolute atomic E-state index is 0.149. The first-order valence-corrected chi connectivity index (χ1v) is 14.7. The number of hydrogen-bond donors (Lipinski definition) is 2. The van der Waals surface area contributed by atoms with Crippen molar-refractivity contribution in [3.63, 3.8) is 0 Å². The second-order valence-corrected chi connectivity index (χ2v) is 10.7. The highest BCUT2D eigenvalue weighted by Crippen LogP contribution is 2.25. The molecular formula is C29H28N4O10S. The molecule has 0 spiro atoms. The molecule has 2 N–H and O–H groups in total. The van der Waals surface area contributed by atoms with Crippen molar-refractivity contribution in [2.45, 2.75) is 42.0 Å². The molecule has 1 heterocycles. The first-order valence-electron chi connectivity index (χ1n) is 13.2. The number of unbranched alkanes of at least 4 members (excludes halogenated alkanes) is 3. The largest absolute Gasteiger partial charge is 0.492 e. The van der Waals surface area contributed by atoms with Crippen molar-refractivity contribution in [2.75, 3.05) is 19.8 Å². The third-order valence-electron chi connectivity index (χ3n) is 5.76. The SMILES string of the molecule is N#Cc1cc(C=CC(=O)OCC#CCOc2no[n+]([O-])c2S(=O)(=O)c2ccccc2)ccc1OCCCCCCC(=O)NO. The summed E-state index contributed by atoms with van der Waals surface area (Å²) >= 11 is 0. The number of nitrogens with one attached hydrogen (secondary N) is 1. The van der Waals surface area contributed by atoms with Crippen LogP contribution in [0.15, 0.2) is 69.2 Å². The number of benzene rings is 2. The molecule has 230 valence electrons. The minimum atomic E-state index is -4.26. The molecule has 14 nitrogen and oxygen atoms in total. The number of hydrogen-bond acceptors (Lipinski definition) is 12. The van der Waals surface area contributed by atoms with Gasteiger partial charge in [0.15, 0.2) is 13.2 Å². The van der Waals surface area contributed by atoms with E-state index in [1.807, 2.05) is 0 Å². The standard InChI is InChI=1S/C29H28N4O10S/c30-21-23-20-22(13-15-25(23)40-17-7-2-1-6-12-26(34)31-36)14-16-27(35)41-18-8-9-19-42-28-29(33(37)43-32-28)44(38,39)24-10-4-3-5-11-24/h3-5,10-11,13-16,20,36H,1-2,6-7,12,17-19H2,(H,31,34). The molecule has 3 aromatic rings. The summed E-state index contributed by atoms with van der Waals surface area (Å²) in [5, 5.41) is 32.3. The molecule has 0 saturated heterocycles. The minimum Gasteiger partial charge on any atom is -0.492 e. The Hall–Kier alpha value is -5.38. The van der Waals surface area contributed by atoms with Gasteiger partial charge < -0.3 is 19.4 Å². The van der Waals surface area contributed by atoms with E-state index in [1.54, 1.807) is 29.7 Å². The number of nitriles is 1. The average molecular weight is 625 g/mol. The van der Waals surface area contributed by atoms with Gasteiger partial charge >= 0.3 is 16.9 Å². The van der Waals surface area contributed by atoms with Gasteiger partial charge in [0.05, 0.1) is 22.2 Å². The van der Waals surface area contributed by atoms with Crippen molar-refractivity contribution in [1.29, 1.82) is 5.26 Å². The lowest BCUT2D eigenvalue weighted by molar-refractivity contribution is -0.832. The van der Waals surface area contributed by atoms with E-state index in [9.17, 15) is 28.5 Å². The number of aromatic nitrogens is 2. The van der Waals surface area contributed by atoms with Crippen molar-refractivity contribution in [1.82, 2.24) is 10.6 Å². The van der Waals surface area contributed by atoms with Crippen LogP contribution in [0.2, 0.25) is 0 Å². The van der Waals surface area contributed by atoms with Crippen LogP contribution in [0.5, 0.6) is 11.6 Å². The summed E-state index contributed by atoms with van der Waals surface area (Å²) in [4.78, 5) is 22.6. The van der Waals surface area contributed by atoms with E-state index >= 15 is 0 Å². The highest BCUT2D eigenvalue weighted by Gasteiger charge is 2.35. The molecule has 0 atom stereocenters. The van der Waals surface area contributed by atoms with Crippen LogP contribution in [-0.4, -0.2) is 50.5 Å². The topological polar surface area (TPSA) is 205 Å². The lowest BCUT2D eigenvalue weighted by Gasteiger charge is -2.08. The molecule has 44 heavy (non-hydrogen) atoms. The number of rotatable bonds is 15. The summed E-state index contributed by atoms with van der Waals surface area (Å²) in [7, 11) is -4.26. The Kier molecular flexibility index (Phi) is 12.7. The smallest absolute Gasteiger partial charge is 0.415 e.